The molecule has 6 rings (SSSR count). The molecule has 0 unspecified atom stereocenters. The zero-order valence-electron chi connectivity index (χ0n) is 30.5. The summed E-state index contributed by atoms with van der Waals surface area (Å²) in [5.74, 6) is -0.906. The molecule has 0 spiro atoms. The zero-order chi connectivity index (χ0) is 35.6. The summed E-state index contributed by atoms with van der Waals surface area (Å²) in [6, 6.07) is 33.1. The Hall–Kier alpha value is -3.09. The van der Waals surface area contributed by atoms with Crippen molar-refractivity contribution in [3.05, 3.63) is 142 Å². The molecule has 2 aliphatic heterocycles. The third-order valence-electron chi connectivity index (χ3n) is 10.2. The van der Waals surface area contributed by atoms with Crippen LogP contribution in [0, 0.1) is 27.7 Å². The van der Waals surface area contributed by atoms with Gasteiger partial charge < -0.3 is 14.4 Å². The van der Waals surface area contributed by atoms with E-state index in [-0.39, 0.29) is 0 Å². The Bertz CT molecular complexity index is 1610. The van der Waals surface area contributed by atoms with Crippen molar-refractivity contribution in [1.82, 2.24) is 0 Å². The molecular formula is C43H53O6P. The SMILES string of the molecule is CCCC1(CCC)O[C@@H]2[C@@H](O1)C(Cc1cccc(C)c1)(Cc1cccc(C)c1)OP(=O)(O)OC2(Cc1cccc(C)c1)Cc1cccc(C)c1. The molecule has 2 aliphatic rings. The molecule has 4 aromatic carbocycles. The fourth-order valence-electron chi connectivity index (χ4n) is 8.41. The number of hydrogen-bond donors (Lipinski definition) is 1. The second-order valence-corrected chi connectivity index (χ2v) is 16.2. The van der Waals surface area contributed by atoms with Gasteiger partial charge in [0.1, 0.15) is 23.4 Å². The molecular weight excluding hydrogens is 643 g/mol. The third-order valence-corrected chi connectivity index (χ3v) is 11.4. The lowest BCUT2D eigenvalue weighted by molar-refractivity contribution is -0.213. The van der Waals surface area contributed by atoms with Gasteiger partial charge >= 0.3 is 7.82 Å². The highest BCUT2D eigenvalue weighted by Crippen LogP contribution is 2.62. The lowest BCUT2D eigenvalue weighted by Crippen LogP contribution is -2.58. The Kier molecular flexibility index (Phi) is 10.9. The standard InChI is InChI=1S/C43H53O6P/c1-7-21-43(22-8-2)46-39-40(47-43)42(29-37-19-11-15-33(5)25-37,30-38-20-12-16-34(6)26-38)49-50(44,45)48-41(39,27-35-17-9-13-31(3)23-35)28-36-18-10-14-32(4)24-36/h9-20,23-26,39-40H,7-8,21-22,27-30H2,1-6H3,(H,44,45)/t39-,40-/m1/s1. The van der Waals surface area contributed by atoms with E-state index in [1.807, 2.05) is 24.3 Å². The van der Waals surface area contributed by atoms with Gasteiger partial charge in [0.25, 0.3) is 0 Å². The van der Waals surface area contributed by atoms with Gasteiger partial charge in [-0.1, -0.05) is 146 Å². The molecule has 7 heteroatoms. The van der Waals surface area contributed by atoms with Crippen LogP contribution in [0.15, 0.2) is 97.1 Å². The van der Waals surface area contributed by atoms with Crippen molar-refractivity contribution in [2.45, 2.75) is 122 Å². The van der Waals surface area contributed by atoms with Crippen LogP contribution in [0.1, 0.15) is 84.0 Å². The lowest BCUT2D eigenvalue weighted by Gasteiger charge is -2.41. The normalized spacial score (nSPS) is 21.7. The minimum Gasteiger partial charge on any atom is -0.341 e. The van der Waals surface area contributed by atoms with E-state index in [4.69, 9.17) is 18.5 Å². The first kappa shape index (κ1) is 36.7. The first-order valence-corrected chi connectivity index (χ1v) is 19.7. The van der Waals surface area contributed by atoms with E-state index >= 15 is 0 Å². The second kappa shape index (κ2) is 14.9. The number of rotatable bonds is 12. The van der Waals surface area contributed by atoms with E-state index in [1.54, 1.807) is 0 Å². The maximum Gasteiger partial charge on any atom is 0.473 e. The van der Waals surface area contributed by atoms with Crippen LogP contribution >= 0.6 is 7.82 Å². The van der Waals surface area contributed by atoms with Crippen molar-refractivity contribution in [3.8, 4) is 0 Å². The number of ether oxygens (including phenoxy) is 2. The molecule has 0 aromatic heterocycles. The number of hydrogen-bond acceptors (Lipinski definition) is 5. The van der Waals surface area contributed by atoms with Crippen molar-refractivity contribution in [3.63, 3.8) is 0 Å². The van der Waals surface area contributed by atoms with Crippen LogP contribution in [-0.2, 0) is 48.8 Å². The number of aryl methyl sites for hydroxylation is 4. The fourth-order valence-corrected chi connectivity index (χ4v) is 9.83. The van der Waals surface area contributed by atoms with E-state index in [0.717, 1.165) is 57.3 Å². The largest absolute Gasteiger partial charge is 0.473 e. The maximum atomic E-state index is 14.8. The van der Waals surface area contributed by atoms with E-state index < -0.39 is 37.0 Å². The van der Waals surface area contributed by atoms with Gasteiger partial charge in [0.15, 0.2) is 5.79 Å². The molecule has 1 N–H and O–H groups in total. The highest BCUT2D eigenvalue weighted by molar-refractivity contribution is 7.47. The molecule has 2 atom stereocenters. The summed E-state index contributed by atoms with van der Waals surface area (Å²) in [4.78, 5) is 12.0. The first-order valence-electron chi connectivity index (χ1n) is 18.2. The van der Waals surface area contributed by atoms with Gasteiger partial charge in [-0.15, -0.1) is 0 Å². The maximum absolute atomic E-state index is 14.8. The van der Waals surface area contributed by atoms with Gasteiger partial charge in [0.05, 0.1) is 0 Å². The smallest absolute Gasteiger partial charge is 0.341 e. The predicted octanol–water partition coefficient (Wildman–Crippen LogP) is 9.90. The molecule has 266 valence electrons. The summed E-state index contributed by atoms with van der Waals surface area (Å²) >= 11 is 0. The highest BCUT2D eigenvalue weighted by Gasteiger charge is 2.67. The Balaban J connectivity index is 1.61. The van der Waals surface area contributed by atoms with Gasteiger partial charge in [-0.05, 0) is 49.9 Å². The Labute approximate surface area is 298 Å². The van der Waals surface area contributed by atoms with E-state index in [9.17, 15) is 9.46 Å². The van der Waals surface area contributed by atoms with Crippen molar-refractivity contribution >= 4 is 7.82 Å². The fraction of sp³-hybridized carbons (Fsp3) is 0.442. The van der Waals surface area contributed by atoms with E-state index in [2.05, 4.69) is 114 Å². The number of phosphoric ester groups is 1. The average molecular weight is 697 g/mol. The molecule has 0 aliphatic carbocycles. The average Bonchev–Trinajstić information content (AvgIpc) is 3.39. The number of phosphoric acid groups is 1. The molecule has 0 saturated carbocycles. The van der Waals surface area contributed by atoms with Crippen LogP contribution in [0.3, 0.4) is 0 Å². The summed E-state index contributed by atoms with van der Waals surface area (Å²) in [6.45, 7) is 12.5. The van der Waals surface area contributed by atoms with Crippen LogP contribution in [0.2, 0.25) is 0 Å². The molecule has 2 heterocycles. The van der Waals surface area contributed by atoms with Crippen LogP contribution in [0.5, 0.6) is 0 Å². The predicted molar refractivity (Wildman–Crippen MR) is 199 cm³/mol. The molecule has 6 nitrogen and oxygen atoms in total. The molecule has 50 heavy (non-hydrogen) atoms. The van der Waals surface area contributed by atoms with Crippen LogP contribution in [0.4, 0.5) is 0 Å². The number of benzene rings is 4. The summed E-state index contributed by atoms with van der Waals surface area (Å²) in [5, 5.41) is 0. The van der Waals surface area contributed by atoms with Crippen LogP contribution in [0.25, 0.3) is 0 Å². The van der Waals surface area contributed by atoms with Crippen molar-refractivity contribution < 1.29 is 28.0 Å². The van der Waals surface area contributed by atoms with Gasteiger partial charge in [-0.2, -0.15) is 0 Å². The molecule has 0 amide bonds. The Morgan fingerprint density at radius 2 is 0.860 bits per heavy atom. The summed E-state index contributed by atoms with van der Waals surface area (Å²) in [6.07, 6.45) is 2.93. The zero-order valence-corrected chi connectivity index (χ0v) is 31.4. The molecule has 0 radical (unpaired) electrons. The third kappa shape index (κ3) is 8.18. The van der Waals surface area contributed by atoms with E-state index in [1.165, 1.54) is 0 Å². The molecule has 4 aromatic rings. The minimum atomic E-state index is -4.75. The van der Waals surface area contributed by atoms with Crippen molar-refractivity contribution in [2.75, 3.05) is 0 Å². The Morgan fingerprint density at radius 3 is 1.12 bits per heavy atom. The molecule has 0 bridgehead atoms. The molecule has 2 saturated heterocycles. The topological polar surface area (TPSA) is 74.2 Å². The first-order chi connectivity index (χ1) is 23.9. The Morgan fingerprint density at radius 1 is 0.560 bits per heavy atom. The van der Waals surface area contributed by atoms with Crippen LogP contribution in [-0.4, -0.2) is 34.1 Å². The minimum absolute atomic E-state index is 0.334. The van der Waals surface area contributed by atoms with Gasteiger partial charge in [0, 0.05) is 38.5 Å². The van der Waals surface area contributed by atoms with E-state index in [0.29, 0.717) is 38.5 Å². The van der Waals surface area contributed by atoms with Gasteiger partial charge in [-0.25, -0.2) is 4.57 Å². The summed E-state index contributed by atoms with van der Waals surface area (Å²) in [7, 11) is -4.75. The quantitative estimate of drug-likeness (QED) is 0.149. The summed E-state index contributed by atoms with van der Waals surface area (Å²) < 4.78 is 42.9. The lowest BCUT2D eigenvalue weighted by atomic mass is 9.73. The van der Waals surface area contributed by atoms with Crippen molar-refractivity contribution in [1.29, 1.82) is 0 Å². The van der Waals surface area contributed by atoms with Crippen LogP contribution < -0.4 is 0 Å². The monoisotopic (exact) mass is 696 g/mol. The second-order valence-electron chi connectivity index (χ2n) is 14.9. The molecule has 2 fully saturated rings. The highest BCUT2D eigenvalue weighted by atomic mass is 31.2. The van der Waals surface area contributed by atoms with Gasteiger partial charge in [0.2, 0.25) is 0 Å². The number of fused-ring (bicyclic) bond motifs is 1. The van der Waals surface area contributed by atoms with Gasteiger partial charge in [-0.3, -0.25) is 9.05 Å². The van der Waals surface area contributed by atoms with Crippen molar-refractivity contribution in [2.24, 2.45) is 0 Å². The summed E-state index contributed by atoms with van der Waals surface area (Å²) in [5.41, 5.74) is 5.77.